The topological polar surface area (TPSA) is 48.7 Å². The first kappa shape index (κ1) is 21.9. The van der Waals surface area contributed by atoms with Gasteiger partial charge in [-0.2, -0.15) is 0 Å². The number of rotatable bonds is 7. The Kier molecular flexibility index (Phi) is 6.34. The average Bonchev–Trinajstić information content (AvgIpc) is 3.33. The molecule has 0 bridgehead atoms. The molecule has 5 heteroatoms. The molecule has 0 radical (unpaired) electrons. The van der Waals surface area contributed by atoms with Gasteiger partial charge in [0.05, 0.1) is 12.1 Å². The Hall–Kier alpha value is -2.89. The zero-order valence-corrected chi connectivity index (χ0v) is 19.4. The van der Waals surface area contributed by atoms with Crippen LogP contribution >= 0.6 is 0 Å². The second kappa shape index (κ2) is 9.54. The SMILES string of the molecule is CC1(C(=O)NC2CCN(Cc3ccccc3)CC2)CCN1Cc1ccc(-c2ccccc2)o1. The van der Waals surface area contributed by atoms with Crippen LogP contribution in [0.2, 0.25) is 0 Å². The van der Waals surface area contributed by atoms with Crippen LogP contribution in [-0.4, -0.2) is 46.9 Å². The molecule has 2 saturated heterocycles. The molecule has 1 unspecified atom stereocenters. The van der Waals surface area contributed by atoms with E-state index in [9.17, 15) is 4.79 Å². The van der Waals surface area contributed by atoms with Crippen molar-refractivity contribution in [2.45, 2.75) is 50.9 Å². The van der Waals surface area contributed by atoms with Gasteiger partial charge in [-0.3, -0.25) is 14.6 Å². The monoisotopic (exact) mass is 443 g/mol. The number of nitrogens with one attached hydrogen (secondary N) is 1. The number of likely N-dealkylation sites (tertiary alicyclic amines) is 2. The van der Waals surface area contributed by atoms with Crippen LogP contribution in [0.25, 0.3) is 11.3 Å². The number of nitrogens with zero attached hydrogens (tertiary/aromatic N) is 2. The van der Waals surface area contributed by atoms with E-state index in [1.54, 1.807) is 0 Å². The second-order valence-corrected chi connectivity index (χ2v) is 9.59. The third kappa shape index (κ3) is 4.90. The van der Waals surface area contributed by atoms with Gasteiger partial charge in [0.15, 0.2) is 0 Å². The van der Waals surface area contributed by atoms with E-state index in [1.807, 2.05) is 30.3 Å². The van der Waals surface area contributed by atoms with Crippen LogP contribution in [0.15, 0.2) is 77.2 Å². The summed E-state index contributed by atoms with van der Waals surface area (Å²) in [5.74, 6) is 1.94. The van der Waals surface area contributed by atoms with Crippen molar-refractivity contribution < 1.29 is 9.21 Å². The zero-order chi connectivity index (χ0) is 22.7. The van der Waals surface area contributed by atoms with Crippen molar-refractivity contribution in [3.05, 3.63) is 84.1 Å². The highest BCUT2D eigenvalue weighted by atomic mass is 16.3. The number of amides is 1. The molecule has 1 aromatic heterocycles. The third-order valence-corrected chi connectivity index (χ3v) is 7.29. The molecule has 2 aliphatic rings. The Bertz CT molecular complexity index is 1060. The highest BCUT2D eigenvalue weighted by molar-refractivity contribution is 5.87. The smallest absolute Gasteiger partial charge is 0.240 e. The van der Waals surface area contributed by atoms with Gasteiger partial charge in [-0.05, 0) is 43.9 Å². The molecular weight excluding hydrogens is 410 g/mol. The molecule has 172 valence electrons. The number of piperidine rings is 1. The number of carbonyl (C=O) groups is 1. The molecule has 2 fully saturated rings. The van der Waals surface area contributed by atoms with E-state index in [1.165, 1.54) is 5.56 Å². The van der Waals surface area contributed by atoms with E-state index in [2.05, 4.69) is 64.5 Å². The Morgan fingerprint density at radius 2 is 1.64 bits per heavy atom. The summed E-state index contributed by atoms with van der Waals surface area (Å²) in [6.45, 7) is 6.68. The van der Waals surface area contributed by atoms with Crippen molar-refractivity contribution in [2.75, 3.05) is 19.6 Å². The van der Waals surface area contributed by atoms with Crippen molar-refractivity contribution in [3.8, 4) is 11.3 Å². The third-order valence-electron chi connectivity index (χ3n) is 7.29. The summed E-state index contributed by atoms with van der Waals surface area (Å²) in [6.07, 6.45) is 2.90. The molecule has 33 heavy (non-hydrogen) atoms. The quantitative estimate of drug-likeness (QED) is 0.575. The van der Waals surface area contributed by atoms with Gasteiger partial charge in [-0.15, -0.1) is 0 Å². The Morgan fingerprint density at radius 3 is 2.30 bits per heavy atom. The van der Waals surface area contributed by atoms with Crippen LogP contribution in [0.4, 0.5) is 0 Å². The molecule has 3 aromatic rings. The summed E-state index contributed by atoms with van der Waals surface area (Å²) < 4.78 is 6.08. The minimum absolute atomic E-state index is 0.157. The average molecular weight is 444 g/mol. The summed E-state index contributed by atoms with van der Waals surface area (Å²) in [5, 5.41) is 3.35. The minimum Gasteiger partial charge on any atom is -0.460 e. The first-order valence-corrected chi connectivity index (χ1v) is 12.1. The molecule has 1 atom stereocenters. The number of hydrogen-bond acceptors (Lipinski definition) is 4. The lowest BCUT2D eigenvalue weighted by Gasteiger charge is -2.49. The van der Waals surface area contributed by atoms with Crippen LogP contribution in [0, 0.1) is 0 Å². The van der Waals surface area contributed by atoms with Gasteiger partial charge in [0.1, 0.15) is 11.5 Å². The van der Waals surface area contributed by atoms with Crippen molar-refractivity contribution in [1.29, 1.82) is 0 Å². The molecule has 0 spiro atoms. The zero-order valence-electron chi connectivity index (χ0n) is 19.4. The molecule has 0 aliphatic carbocycles. The largest absolute Gasteiger partial charge is 0.460 e. The molecule has 5 nitrogen and oxygen atoms in total. The number of benzene rings is 2. The van der Waals surface area contributed by atoms with Crippen molar-refractivity contribution in [1.82, 2.24) is 15.1 Å². The van der Waals surface area contributed by atoms with Crippen LogP contribution < -0.4 is 5.32 Å². The fourth-order valence-corrected chi connectivity index (χ4v) is 4.94. The van der Waals surface area contributed by atoms with Gasteiger partial charge < -0.3 is 9.73 Å². The molecule has 2 aliphatic heterocycles. The Labute approximate surface area is 196 Å². The highest BCUT2D eigenvalue weighted by Gasteiger charge is 2.47. The van der Waals surface area contributed by atoms with Gasteiger partial charge in [0.25, 0.3) is 0 Å². The first-order valence-electron chi connectivity index (χ1n) is 12.1. The fourth-order valence-electron chi connectivity index (χ4n) is 4.94. The van der Waals surface area contributed by atoms with Crippen molar-refractivity contribution in [3.63, 3.8) is 0 Å². The van der Waals surface area contributed by atoms with Crippen LogP contribution in [0.3, 0.4) is 0 Å². The lowest BCUT2D eigenvalue weighted by Crippen LogP contribution is -2.66. The van der Waals surface area contributed by atoms with E-state index in [4.69, 9.17) is 4.42 Å². The number of carbonyl (C=O) groups excluding carboxylic acids is 1. The van der Waals surface area contributed by atoms with Gasteiger partial charge in [0, 0.05) is 37.8 Å². The van der Waals surface area contributed by atoms with Crippen LogP contribution in [0.1, 0.15) is 37.5 Å². The number of furan rings is 1. The maximum atomic E-state index is 13.2. The van der Waals surface area contributed by atoms with E-state index >= 15 is 0 Å². The van der Waals surface area contributed by atoms with Gasteiger partial charge in [-0.1, -0.05) is 60.7 Å². The minimum atomic E-state index is -0.457. The summed E-state index contributed by atoms with van der Waals surface area (Å²) >= 11 is 0. The van der Waals surface area contributed by atoms with Gasteiger partial charge in [-0.25, -0.2) is 0 Å². The van der Waals surface area contributed by atoms with Gasteiger partial charge in [0.2, 0.25) is 5.91 Å². The van der Waals surface area contributed by atoms with E-state index in [0.29, 0.717) is 6.54 Å². The standard InChI is InChI=1S/C28H33N3O2/c1-28(16-19-31(28)21-25-12-13-26(33-25)23-10-6-3-7-11-23)27(32)29-24-14-17-30(18-15-24)20-22-8-4-2-5-9-22/h2-13,24H,14-21H2,1H3,(H,29,32). The second-order valence-electron chi connectivity index (χ2n) is 9.59. The fraction of sp³-hybridized carbons (Fsp3) is 0.393. The first-order chi connectivity index (χ1) is 16.1. The van der Waals surface area contributed by atoms with E-state index in [0.717, 1.165) is 62.5 Å². The van der Waals surface area contributed by atoms with E-state index in [-0.39, 0.29) is 11.9 Å². The molecule has 5 rings (SSSR count). The lowest BCUT2D eigenvalue weighted by molar-refractivity contribution is -0.143. The summed E-state index contributed by atoms with van der Waals surface area (Å²) in [6, 6.07) is 25.1. The van der Waals surface area contributed by atoms with Crippen molar-refractivity contribution >= 4 is 5.91 Å². The molecule has 3 heterocycles. The maximum absolute atomic E-state index is 13.2. The summed E-state index contributed by atoms with van der Waals surface area (Å²) in [7, 11) is 0. The summed E-state index contributed by atoms with van der Waals surface area (Å²) in [5.41, 5.74) is 1.97. The molecule has 1 N–H and O–H groups in total. The highest BCUT2D eigenvalue weighted by Crippen LogP contribution is 2.34. The Balaban J connectivity index is 1.12. The van der Waals surface area contributed by atoms with E-state index < -0.39 is 5.54 Å². The van der Waals surface area contributed by atoms with Crippen LogP contribution in [0.5, 0.6) is 0 Å². The Morgan fingerprint density at radius 1 is 0.939 bits per heavy atom. The number of hydrogen-bond donors (Lipinski definition) is 1. The van der Waals surface area contributed by atoms with Crippen LogP contribution in [-0.2, 0) is 17.9 Å². The maximum Gasteiger partial charge on any atom is 0.240 e. The molecule has 0 saturated carbocycles. The van der Waals surface area contributed by atoms with Crippen molar-refractivity contribution in [2.24, 2.45) is 0 Å². The summed E-state index contributed by atoms with van der Waals surface area (Å²) in [4.78, 5) is 17.9. The molecule has 2 aromatic carbocycles. The lowest BCUT2D eigenvalue weighted by atomic mass is 9.85. The molecular formula is C28H33N3O2. The predicted octanol–water partition coefficient (Wildman–Crippen LogP) is 4.69. The predicted molar refractivity (Wildman–Crippen MR) is 130 cm³/mol. The molecule has 1 amide bonds. The normalized spacial score (nSPS) is 22.1. The van der Waals surface area contributed by atoms with Gasteiger partial charge >= 0.3 is 0 Å².